The molecule has 0 fully saturated rings. The lowest BCUT2D eigenvalue weighted by atomic mass is 9.61. The van der Waals surface area contributed by atoms with Crippen LogP contribution < -0.4 is 0 Å². The van der Waals surface area contributed by atoms with Gasteiger partial charge in [-0.05, 0) is 0 Å². The standard InChI is InChI=1S/C2H6B2O/c1-4(5)2-3/h5H,2H2,1H3. The fourth-order valence-corrected chi connectivity index (χ4v) is 0. The summed E-state index contributed by atoms with van der Waals surface area (Å²) in [7, 11) is 4.92. The molecule has 0 rings (SSSR count). The molecule has 3 heteroatoms. The lowest BCUT2D eigenvalue weighted by Crippen LogP contribution is -2.02. The molecule has 0 spiro atoms. The summed E-state index contributed by atoms with van der Waals surface area (Å²) < 4.78 is 0. The third-order valence-corrected chi connectivity index (χ3v) is 0.341. The van der Waals surface area contributed by atoms with E-state index in [2.05, 4.69) is 0 Å². The van der Waals surface area contributed by atoms with Crippen molar-refractivity contribution in [2.75, 3.05) is 0 Å². The van der Waals surface area contributed by atoms with Gasteiger partial charge in [-0.25, -0.2) is 0 Å². The van der Waals surface area contributed by atoms with Crippen LogP contribution in [-0.4, -0.2) is 19.8 Å². The molecule has 2 radical (unpaired) electrons. The molecule has 0 aromatic heterocycles. The minimum absolute atomic E-state index is 0.338. The van der Waals surface area contributed by atoms with Crippen molar-refractivity contribution in [3.05, 3.63) is 0 Å². The SMILES string of the molecule is [B]CB(C)O. The predicted molar refractivity (Wildman–Crippen MR) is 24.4 cm³/mol. The van der Waals surface area contributed by atoms with Gasteiger partial charge in [0.15, 0.2) is 0 Å². The third-order valence-electron chi connectivity index (χ3n) is 0.341. The van der Waals surface area contributed by atoms with Crippen LogP contribution in [0.5, 0.6) is 0 Å². The summed E-state index contributed by atoms with van der Waals surface area (Å²) in [5, 5.41) is 8.24. The summed E-state index contributed by atoms with van der Waals surface area (Å²) in [5.41, 5.74) is 0. The first-order chi connectivity index (χ1) is 2.27. The van der Waals surface area contributed by atoms with E-state index in [1.165, 1.54) is 0 Å². The maximum absolute atomic E-state index is 8.24. The molecular weight excluding hydrogens is 61.6 g/mol. The largest absolute Gasteiger partial charge is 0.451 e. The topological polar surface area (TPSA) is 20.2 Å². The van der Waals surface area contributed by atoms with Gasteiger partial charge in [-0.15, -0.1) is 0 Å². The molecule has 0 aliphatic heterocycles. The summed E-state index contributed by atoms with van der Waals surface area (Å²) >= 11 is 0. The van der Waals surface area contributed by atoms with Crippen molar-refractivity contribution in [2.24, 2.45) is 0 Å². The van der Waals surface area contributed by atoms with Gasteiger partial charge in [-0.2, -0.15) is 0 Å². The van der Waals surface area contributed by atoms with Crippen molar-refractivity contribution in [3.8, 4) is 0 Å². The average Bonchev–Trinajstić information content (AvgIpc) is 1.38. The highest BCUT2D eigenvalue weighted by atomic mass is 16.2. The fraction of sp³-hybridized carbons (Fsp3) is 1.00. The highest BCUT2D eigenvalue weighted by molar-refractivity contribution is 6.57. The van der Waals surface area contributed by atoms with Crippen LogP contribution in [0, 0.1) is 0 Å². The molecule has 0 saturated carbocycles. The van der Waals surface area contributed by atoms with Gasteiger partial charge in [0.1, 0.15) is 0 Å². The Hall–Kier alpha value is 0.0899. The highest BCUT2D eigenvalue weighted by Crippen LogP contribution is 1.73. The Bertz CT molecular complexity index is 21.6. The maximum Gasteiger partial charge on any atom is 0.277 e. The van der Waals surface area contributed by atoms with Gasteiger partial charge in [0.2, 0.25) is 0 Å². The normalized spacial score (nSPS) is 7.60. The number of rotatable bonds is 1. The van der Waals surface area contributed by atoms with Gasteiger partial charge in [0.05, 0.1) is 7.85 Å². The van der Waals surface area contributed by atoms with E-state index >= 15 is 0 Å². The Balaban J connectivity index is 2.54. The van der Waals surface area contributed by atoms with Crippen LogP contribution in [0.15, 0.2) is 0 Å². The molecular formula is C2H6B2O. The number of hydrogen-bond donors (Lipinski definition) is 1. The molecule has 0 atom stereocenters. The predicted octanol–water partition coefficient (Wildman–Crippen LogP) is -0.274. The van der Waals surface area contributed by atoms with E-state index in [0.717, 1.165) is 0 Å². The zero-order valence-corrected chi connectivity index (χ0v) is 3.31. The molecule has 0 heterocycles. The smallest absolute Gasteiger partial charge is 0.277 e. The van der Waals surface area contributed by atoms with Crippen molar-refractivity contribution in [1.29, 1.82) is 0 Å². The second kappa shape index (κ2) is 2.33. The van der Waals surface area contributed by atoms with Crippen LogP contribution in [0.25, 0.3) is 0 Å². The molecule has 0 aromatic rings. The zero-order chi connectivity index (χ0) is 4.28. The minimum atomic E-state index is -0.338. The molecule has 0 amide bonds. The Morgan fingerprint density at radius 2 is 2.20 bits per heavy atom. The van der Waals surface area contributed by atoms with E-state index < -0.39 is 0 Å². The van der Waals surface area contributed by atoms with Crippen LogP contribution in [0.1, 0.15) is 0 Å². The molecule has 1 N–H and O–H groups in total. The van der Waals surface area contributed by atoms with Crippen LogP contribution in [-0.2, 0) is 0 Å². The second-order valence-electron chi connectivity index (χ2n) is 1.08. The molecule has 26 valence electrons. The molecule has 0 aromatic carbocycles. The van der Waals surface area contributed by atoms with E-state index in [1.54, 1.807) is 6.82 Å². The maximum atomic E-state index is 8.24. The van der Waals surface area contributed by atoms with Crippen LogP contribution >= 0.6 is 0 Å². The quantitative estimate of drug-likeness (QED) is 0.419. The summed E-state index contributed by atoms with van der Waals surface area (Å²) in [6, 6.07) is 0. The Kier molecular flexibility index (Phi) is 2.38. The van der Waals surface area contributed by atoms with Crippen LogP contribution in [0.2, 0.25) is 13.0 Å². The first-order valence-corrected chi connectivity index (χ1v) is 1.65. The lowest BCUT2D eigenvalue weighted by Gasteiger charge is -1.83. The van der Waals surface area contributed by atoms with Crippen molar-refractivity contribution in [3.63, 3.8) is 0 Å². The first-order valence-electron chi connectivity index (χ1n) is 1.65. The van der Waals surface area contributed by atoms with Gasteiger partial charge in [-0.3, -0.25) is 0 Å². The molecule has 0 aliphatic carbocycles. The molecule has 0 aliphatic rings. The molecule has 0 bridgehead atoms. The van der Waals surface area contributed by atoms with Crippen molar-refractivity contribution >= 4 is 14.8 Å². The Morgan fingerprint density at radius 1 is 2.00 bits per heavy atom. The van der Waals surface area contributed by atoms with Gasteiger partial charge in [-0.1, -0.05) is 13.0 Å². The summed E-state index contributed by atoms with van der Waals surface area (Å²) in [4.78, 5) is 0. The fourth-order valence-electron chi connectivity index (χ4n) is 0. The molecule has 1 nitrogen and oxygen atoms in total. The van der Waals surface area contributed by atoms with E-state index in [9.17, 15) is 0 Å². The third kappa shape index (κ3) is 4.09. The van der Waals surface area contributed by atoms with E-state index in [4.69, 9.17) is 12.9 Å². The minimum Gasteiger partial charge on any atom is -0.451 e. The Morgan fingerprint density at radius 3 is 2.20 bits per heavy atom. The van der Waals surface area contributed by atoms with Crippen molar-refractivity contribution in [2.45, 2.75) is 13.0 Å². The van der Waals surface area contributed by atoms with Gasteiger partial charge in [0.25, 0.3) is 6.92 Å². The Labute approximate surface area is 33.9 Å². The van der Waals surface area contributed by atoms with Gasteiger partial charge >= 0.3 is 0 Å². The first kappa shape index (κ1) is 5.09. The molecule has 0 saturated heterocycles. The average molecular weight is 67.7 g/mol. The van der Waals surface area contributed by atoms with E-state index in [1.807, 2.05) is 0 Å². The summed E-state index contributed by atoms with van der Waals surface area (Å²) in [6.07, 6.45) is 0.361. The molecule has 0 unspecified atom stereocenters. The highest BCUT2D eigenvalue weighted by Gasteiger charge is 1.90. The summed E-state index contributed by atoms with van der Waals surface area (Å²) in [5.74, 6) is 0. The van der Waals surface area contributed by atoms with Crippen molar-refractivity contribution < 1.29 is 5.02 Å². The second-order valence-corrected chi connectivity index (χ2v) is 1.08. The monoisotopic (exact) mass is 68.1 g/mol. The van der Waals surface area contributed by atoms with Gasteiger partial charge in [0, 0.05) is 0 Å². The lowest BCUT2D eigenvalue weighted by molar-refractivity contribution is 0.585. The zero-order valence-electron chi connectivity index (χ0n) is 3.31. The van der Waals surface area contributed by atoms with E-state index in [-0.39, 0.29) is 6.92 Å². The van der Waals surface area contributed by atoms with Crippen molar-refractivity contribution in [1.82, 2.24) is 0 Å². The van der Waals surface area contributed by atoms with Gasteiger partial charge < -0.3 is 5.02 Å². The molecule has 5 heavy (non-hydrogen) atoms. The summed E-state index contributed by atoms with van der Waals surface area (Å²) in [6.45, 7) is 1.31. The van der Waals surface area contributed by atoms with Crippen LogP contribution in [0.4, 0.5) is 0 Å². The van der Waals surface area contributed by atoms with Crippen LogP contribution in [0.3, 0.4) is 0 Å². The van der Waals surface area contributed by atoms with E-state index in [0.29, 0.717) is 6.22 Å². The number of hydrogen-bond acceptors (Lipinski definition) is 1.